The zero-order chi connectivity index (χ0) is 51.4. The molecule has 0 radical (unpaired) electrons. The second-order valence-electron chi connectivity index (χ2n) is 22.5. The molecule has 6 heteroatoms. The minimum atomic E-state index is -0.842. The molecule has 0 bridgehead atoms. The Kier molecular flexibility index (Phi) is 59.9. The van der Waals surface area contributed by atoms with Gasteiger partial charge in [-0.05, 0) is 32.1 Å². The lowest BCUT2D eigenvalue weighted by molar-refractivity contribution is -0.143. The van der Waals surface area contributed by atoms with E-state index in [0.717, 1.165) is 38.5 Å². The van der Waals surface area contributed by atoms with Crippen molar-refractivity contribution in [3.05, 3.63) is 12.2 Å². The maximum Gasteiger partial charge on any atom is 0.305 e. The Morgan fingerprint density at radius 1 is 0.380 bits per heavy atom. The van der Waals surface area contributed by atoms with E-state index >= 15 is 0 Å². The van der Waals surface area contributed by atoms with Crippen molar-refractivity contribution in [2.24, 2.45) is 0 Å². The molecule has 71 heavy (non-hydrogen) atoms. The Hall–Kier alpha value is -1.40. The monoisotopic (exact) mass is 1000 g/mol. The molecule has 422 valence electrons. The number of unbranched alkanes of at least 4 members (excludes halogenated alkanes) is 50. The zero-order valence-corrected chi connectivity index (χ0v) is 48.2. The molecular weight excluding hydrogens is 875 g/mol. The fraction of sp³-hybridized carbons (Fsp3) is 0.938. The van der Waals surface area contributed by atoms with Crippen LogP contribution in [0.4, 0.5) is 0 Å². The van der Waals surface area contributed by atoms with Crippen LogP contribution in [-0.2, 0) is 14.3 Å². The highest BCUT2D eigenvalue weighted by Crippen LogP contribution is 2.18. The third-order valence-electron chi connectivity index (χ3n) is 15.3. The van der Waals surface area contributed by atoms with Gasteiger partial charge >= 0.3 is 5.97 Å². The fourth-order valence-electron chi connectivity index (χ4n) is 10.3. The standard InChI is InChI=1S/C65H127NO5/c1-3-5-7-9-11-13-15-17-18-28-31-34-37-41-45-49-53-57-63(68)62(61-67)66-64(69)58-54-50-46-42-38-35-32-29-26-24-22-20-19-21-23-25-27-30-33-36-40-44-48-52-56-60-71-65(70)59-55-51-47-43-39-16-14-12-10-8-6-4-2/h53,57,62-63,67-68H,3-52,54-56,58-61H2,1-2H3,(H,66,69)/b57-53+. The topological polar surface area (TPSA) is 95.9 Å². The molecule has 6 nitrogen and oxygen atoms in total. The van der Waals surface area contributed by atoms with Crippen LogP contribution in [0.3, 0.4) is 0 Å². The first kappa shape index (κ1) is 69.6. The average Bonchev–Trinajstić information content (AvgIpc) is 3.37. The molecule has 0 fully saturated rings. The highest BCUT2D eigenvalue weighted by atomic mass is 16.5. The highest BCUT2D eigenvalue weighted by Gasteiger charge is 2.18. The van der Waals surface area contributed by atoms with E-state index in [2.05, 4.69) is 19.2 Å². The van der Waals surface area contributed by atoms with Gasteiger partial charge in [0.15, 0.2) is 0 Å². The smallest absolute Gasteiger partial charge is 0.305 e. The van der Waals surface area contributed by atoms with E-state index in [9.17, 15) is 19.8 Å². The molecule has 0 spiro atoms. The Balaban J connectivity index is 3.38. The summed E-state index contributed by atoms with van der Waals surface area (Å²) in [6, 6.07) is -0.626. The van der Waals surface area contributed by atoms with Crippen molar-refractivity contribution in [3.63, 3.8) is 0 Å². The van der Waals surface area contributed by atoms with Crippen molar-refractivity contribution < 1.29 is 24.5 Å². The molecule has 0 saturated heterocycles. The predicted molar refractivity (Wildman–Crippen MR) is 310 cm³/mol. The molecule has 0 aliphatic carbocycles. The Morgan fingerprint density at radius 2 is 0.648 bits per heavy atom. The van der Waals surface area contributed by atoms with E-state index in [4.69, 9.17) is 4.74 Å². The molecular formula is C65H127NO5. The van der Waals surface area contributed by atoms with Crippen molar-refractivity contribution in [2.75, 3.05) is 13.2 Å². The SMILES string of the molecule is CCCCCCCCCCCCCCCCC/C=C/C(O)C(CO)NC(=O)CCCCCCCCCCCCCCCCCCCCCCCCCCCOC(=O)CCCCCCCCCCCCCC. The van der Waals surface area contributed by atoms with Crippen molar-refractivity contribution >= 4 is 11.9 Å². The molecule has 1 amide bonds. The summed E-state index contributed by atoms with van der Waals surface area (Å²) in [5.41, 5.74) is 0. The summed E-state index contributed by atoms with van der Waals surface area (Å²) in [5.74, 6) is -0.0457. The van der Waals surface area contributed by atoms with E-state index in [0.29, 0.717) is 19.4 Å². The van der Waals surface area contributed by atoms with E-state index in [1.807, 2.05) is 6.08 Å². The maximum atomic E-state index is 12.5. The van der Waals surface area contributed by atoms with Crippen molar-refractivity contribution in [2.45, 2.75) is 379 Å². The predicted octanol–water partition coefficient (Wildman–Crippen LogP) is 20.4. The Bertz CT molecular complexity index is 1060. The fourth-order valence-corrected chi connectivity index (χ4v) is 10.3. The summed E-state index contributed by atoms with van der Waals surface area (Å²) in [6.45, 7) is 4.94. The number of aliphatic hydroxyl groups excluding tert-OH is 2. The van der Waals surface area contributed by atoms with Gasteiger partial charge < -0.3 is 20.3 Å². The number of amides is 1. The van der Waals surface area contributed by atoms with E-state index in [-0.39, 0.29) is 18.5 Å². The molecule has 0 aromatic carbocycles. The molecule has 0 aliphatic heterocycles. The molecule has 0 heterocycles. The van der Waals surface area contributed by atoms with E-state index in [1.165, 1.54) is 302 Å². The van der Waals surface area contributed by atoms with Crippen LogP contribution in [0.5, 0.6) is 0 Å². The van der Waals surface area contributed by atoms with Gasteiger partial charge in [0.1, 0.15) is 0 Å². The van der Waals surface area contributed by atoms with Gasteiger partial charge in [0, 0.05) is 12.8 Å². The van der Waals surface area contributed by atoms with E-state index in [1.54, 1.807) is 6.08 Å². The third kappa shape index (κ3) is 57.7. The molecule has 2 atom stereocenters. The number of esters is 1. The summed E-state index contributed by atoms with van der Waals surface area (Å²) >= 11 is 0. The second-order valence-corrected chi connectivity index (χ2v) is 22.5. The second kappa shape index (κ2) is 61.1. The largest absolute Gasteiger partial charge is 0.466 e. The summed E-state index contributed by atoms with van der Waals surface area (Å²) < 4.78 is 5.48. The minimum Gasteiger partial charge on any atom is -0.466 e. The number of aliphatic hydroxyl groups is 2. The molecule has 0 aliphatic rings. The molecule has 0 aromatic heterocycles. The molecule has 3 N–H and O–H groups in total. The first-order valence-corrected chi connectivity index (χ1v) is 32.5. The van der Waals surface area contributed by atoms with Crippen LogP contribution in [0.2, 0.25) is 0 Å². The summed E-state index contributed by atoms with van der Waals surface area (Å²) in [4.78, 5) is 24.5. The summed E-state index contributed by atoms with van der Waals surface area (Å²) in [5, 5.41) is 23.2. The lowest BCUT2D eigenvalue weighted by Gasteiger charge is -2.20. The number of carbonyl (C=O) groups excluding carboxylic acids is 2. The number of ether oxygens (including phenoxy) is 1. The zero-order valence-electron chi connectivity index (χ0n) is 48.2. The van der Waals surface area contributed by atoms with Crippen LogP contribution >= 0.6 is 0 Å². The Labute approximate surface area is 444 Å². The average molecular weight is 1000 g/mol. The summed E-state index contributed by atoms with van der Waals surface area (Å²) in [7, 11) is 0. The van der Waals surface area contributed by atoms with Crippen molar-refractivity contribution in [3.8, 4) is 0 Å². The van der Waals surface area contributed by atoms with Crippen LogP contribution < -0.4 is 5.32 Å². The van der Waals surface area contributed by atoms with Gasteiger partial charge in [-0.2, -0.15) is 0 Å². The van der Waals surface area contributed by atoms with E-state index < -0.39 is 12.1 Å². The van der Waals surface area contributed by atoms with Crippen molar-refractivity contribution in [1.82, 2.24) is 5.32 Å². The summed E-state index contributed by atoms with van der Waals surface area (Å²) in [6.07, 6.45) is 74.1. The van der Waals surface area contributed by atoms with Crippen LogP contribution in [0.1, 0.15) is 367 Å². The van der Waals surface area contributed by atoms with Crippen LogP contribution in [0.25, 0.3) is 0 Å². The molecule has 2 unspecified atom stereocenters. The van der Waals surface area contributed by atoms with Gasteiger partial charge in [0.25, 0.3) is 0 Å². The number of carbonyl (C=O) groups is 2. The number of nitrogens with one attached hydrogen (secondary N) is 1. The van der Waals surface area contributed by atoms with Gasteiger partial charge in [0.2, 0.25) is 5.91 Å². The Morgan fingerprint density at radius 3 is 0.958 bits per heavy atom. The normalized spacial score (nSPS) is 12.6. The van der Waals surface area contributed by atoms with Gasteiger partial charge in [-0.3, -0.25) is 9.59 Å². The highest BCUT2D eigenvalue weighted by molar-refractivity contribution is 5.76. The lowest BCUT2D eigenvalue weighted by Crippen LogP contribution is -2.45. The first-order chi connectivity index (χ1) is 35.0. The maximum absolute atomic E-state index is 12.5. The number of rotatable bonds is 61. The number of hydrogen-bond donors (Lipinski definition) is 3. The lowest BCUT2D eigenvalue weighted by atomic mass is 10.0. The molecule has 0 rings (SSSR count). The van der Waals surface area contributed by atoms with Crippen LogP contribution in [0, 0.1) is 0 Å². The third-order valence-corrected chi connectivity index (χ3v) is 15.3. The van der Waals surface area contributed by atoms with Gasteiger partial charge in [0.05, 0.1) is 25.4 Å². The number of hydrogen-bond acceptors (Lipinski definition) is 5. The van der Waals surface area contributed by atoms with Crippen LogP contribution in [0.15, 0.2) is 12.2 Å². The molecule has 0 saturated carbocycles. The number of allylic oxidation sites excluding steroid dienone is 1. The van der Waals surface area contributed by atoms with Crippen molar-refractivity contribution in [1.29, 1.82) is 0 Å². The van der Waals surface area contributed by atoms with Gasteiger partial charge in [-0.15, -0.1) is 0 Å². The minimum absolute atomic E-state index is 0.0173. The molecule has 0 aromatic rings. The first-order valence-electron chi connectivity index (χ1n) is 32.5. The van der Waals surface area contributed by atoms with Gasteiger partial charge in [-0.25, -0.2) is 0 Å². The van der Waals surface area contributed by atoms with Crippen LogP contribution in [-0.4, -0.2) is 47.4 Å². The quantitative estimate of drug-likeness (QED) is 0.0320. The van der Waals surface area contributed by atoms with Gasteiger partial charge in [-0.1, -0.05) is 334 Å².